The van der Waals surface area contributed by atoms with Crippen molar-refractivity contribution in [2.24, 2.45) is 11.7 Å². The van der Waals surface area contributed by atoms with Gasteiger partial charge in [0.2, 0.25) is 0 Å². The van der Waals surface area contributed by atoms with Crippen molar-refractivity contribution in [3.63, 3.8) is 0 Å². The average molecular weight is 327 g/mol. The number of nitrogens with zero attached hydrogens (tertiary/aromatic N) is 1. The van der Waals surface area contributed by atoms with Crippen LogP contribution in [0.15, 0.2) is 6.07 Å². The summed E-state index contributed by atoms with van der Waals surface area (Å²) in [6.45, 7) is 2.24. The molecule has 1 aliphatic heterocycles. The van der Waals surface area contributed by atoms with Crippen LogP contribution in [0.1, 0.15) is 23.7 Å². The number of nitrogens with two attached hydrogens (primary N) is 1. The van der Waals surface area contributed by atoms with E-state index in [0.717, 1.165) is 0 Å². The summed E-state index contributed by atoms with van der Waals surface area (Å²) < 4.78 is 53.5. The Morgan fingerprint density at radius 2 is 1.81 bits per heavy atom. The highest BCUT2D eigenvalue weighted by Gasteiger charge is 2.36. The number of likely N-dealkylation sites (tertiary alicyclic amines) is 1. The molecule has 21 heavy (non-hydrogen) atoms. The van der Waals surface area contributed by atoms with Gasteiger partial charge in [-0.1, -0.05) is 0 Å². The van der Waals surface area contributed by atoms with Crippen molar-refractivity contribution in [3.8, 4) is 0 Å². The van der Waals surface area contributed by atoms with Crippen molar-refractivity contribution < 1.29 is 22.4 Å². The summed E-state index contributed by atoms with van der Waals surface area (Å²) in [5, 5.41) is 0. The van der Waals surface area contributed by atoms with Crippen molar-refractivity contribution in [2.75, 3.05) is 13.1 Å². The van der Waals surface area contributed by atoms with Crippen LogP contribution in [0.3, 0.4) is 0 Å². The Balaban J connectivity index is 0.00000220. The molecule has 2 N–H and O–H groups in total. The second kappa shape index (κ2) is 6.62. The predicted molar refractivity (Wildman–Crippen MR) is 71.2 cm³/mol. The Morgan fingerprint density at radius 1 is 1.29 bits per heavy atom. The number of carbonyl (C=O) groups excluding carboxylic acids is 1. The van der Waals surface area contributed by atoms with Gasteiger partial charge in [-0.15, -0.1) is 12.4 Å². The molecular weight excluding hydrogens is 312 g/mol. The summed E-state index contributed by atoms with van der Waals surface area (Å²) >= 11 is 0. The van der Waals surface area contributed by atoms with Crippen LogP contribution in [0, 0.1) is 29.2 Å². The number of rotatable bonds is 2. The molecule has 0 spiro atoms. The lowest BCUT2D eigenvalue weighted by atomic mass is 10.1. The van der Waals surface area contributed by atoms with Gasteiger partial charge in [-0.25, -0.2) is 17.6 Å². The molecule has 1 aliphatic rings. The lowest BCUT2D eigenvalue weighted by molar-refractivity contribution is 0.0730. The summed E-state index contributed by atoms with van der Waals surface area (Å²) in [5.74, 6) is -7.56. The molecule has 0 bridgehead atoms. The summed E-state index contributed by atoms with van der Waals surface area (Å²) in [6.07, 6.45) is 0.587. The minimum atomic E-state index is -1.67. The summed E-state index contributed by atoms with van der Waals surface area (Å²) in [7, 11) is 0. The zero-order valence-corrected chi connectivity index (χ0v) is 12.0. The molecular formula is C13H15ClF4N2O. The first-order valence-corrected chi connectivity index (χ1v) is 6.20. The van der Waals surface area contributed by atoms with Crippen LogP contribution >= 0.6 is 12.4 Å². The fraction of sp³-hybridized carbons (Fsp3) is 0.462. The topological polar surface area (TPSA) is 46.3 Å². The van der Waals surface area contributed by atoms with Gasteiger partial charge in [-0.3, -0.25) is 4.79 Å². The normalized spacial score (nSPS) is 21.3. The first kappa shape index (κ1) is 17.7. The Kier molecular flexibility index (Phi) is 5.58. The first-order chi connectivity index (χ1) is 9.36. The van der Waals surface area contributed by atoms with Gasteiger partial charge in [0.05, 0.1) is 0 Å². The zero-order chi connectivity index (χ0) is 15.0. The van der Waals surface area contributed by atoms with E-state index in [9.17, 15) is 22.4 Å². The summed E-state index contributed by atoms with van der Waals surface area (Å²) in [4.78, 5) is 13.3. The zero-order valence-electron chi connectivity index (χ0n) is 11.2. The van der Waals surface area contributed by atoms with Gasteiger partial charge in [-0.2, -0.15) is 0 Å². The van der Waals surface area contributed by atoms with E-state index >= 15 is 0 Å². The Labute approximate surface area is 125 Å². The number of hydrogen-bond acceptors (Lipinski definition) is 2. The Morgan fingerprint density at radius 3 is 2.24 bits per heavy atom. The van der Waals surface area contributed by atoms with Crippen LogP contribution in [0.5, 0.6) is 0 Å². The first-order valence-electron chi connectivity index (χ1n) is 6.20. The van der Waals surface area contributed by atoms with Crippen LogP contribution in [0.2, 0.25) is 0 Å². The van der Waals surface area contributed by atoms with E-state index in [1.165, 1.54) is 4.90 Å². The van der Waals surface area contributed by atoms with E-state index in [1.807, 2.05) is 0 Å². The van der Waals surface area contributed by atoms with Crippen LogP contribution in [-0.2, 0) is 0 Å². The molecule has 0 radical (unpaired) electrons. The Hall–Kier alpha value is -1.34. The third-order valence-corrected chi connectivity index (χ3v) is 3.58. The Bertz CT molecular complexity index is 529. The van der Waals surface area contributed by atoms with Crippen molar-refractivity contribution >= 4 is 18.3 Å². The van der Waals surface area contributed by atoms with E-state index in [-0.39, 0.29) is 37.0 Å². The van der Waals surface area contributed by atoms with Crippen LogP contribution in [0.25, 0.3) is 0 Å². The van der Waals surface area contributed by atoms with Crippen LogP contribution < -0.4 is 5.73 Å². The molecule has 3 nitrogen and oxygen atoms in total. The number of halogens is 5. The minimum Gasteiger partial charge on any atom is -0.335 e. The maximum atomic E-state index is 13.6. The van der Waals surface area contributed by atoms with Crippen molar-refractivity contribution in [1.29, 1.82) is 0 Å². The number of benzene rings is 1. The third-order valence-electron chi connectivity index (χ3n) is 3.58. The SMILES string of the molecule is CC1CC(CN)CN1C(=O)c1c(F)c(F)cc(F)c1F.Cl. The maximum Gasteiger partial charge on any atom is 0.260 e. The summed E-state index contributed by atoms with van der Waals surface area (Å²) in [5.41, 5.74) is 4.31. The molecule has 1 saturated heterocycles. The minimum absolute atomic E-state index is 0. The molecule has 0 aliphatic carbocycles. The molecule has 1 fully saturated rings. The van der Waals surface area contributed by atoms with Gasteiger partial charge < -0.3 is 10.6 Å². The van der Waals surface area contributed by atoms with Gasteiger partial charge in [0, 0.05) is 18.7 Å². The molecule has 2 rings (SSSR count). The number of amides is 1. The molecule has 0 saturated carbocycles. The highest BCUT2D eigenvalue weighted by atomic mass is 35.5. The highest BCUT2D eigenvalue weighted by Crippen LogP contribution is 2.27. The lowest BCUT2D eigenvalue weighted by Crippen LogP contribution is -2.36. The van der Waals surface area contributed by atoms with E-state index in [2.05, 4.69) is 0 Å². The lowest BCUT2D eigenvalue weighted by Gasteiger charge is -2.22. The largest absolute Gasteiger partial charge is 0.335 e. The van der Waals surface area contributed by atoms with Gasteiger partial charge in [0.1, 0.15) is 5.56 Å². The van der Waals surface area contributed by atoms with Crippen molar-refractivity contribution in [3.05, 3.63) is 34.9 Å². The number of carbonyl (C=O) groups is 1. The van der Waals surface area contributed by atoms with E-state index in [0.29, 0.717) is 13.0 Å². The fourth-order valence-corrected chi connectivity index (χ4v) is 2.50. The molecule has 1 amide bonds. The average Bonchev–Trinajstić information content (AvgIpc) is 2.78. The maximum absolute atomic E-state index is 13.6. The third kappa shape index (κ3) is 3.13. The van der Waals surface area contributed by atoms with Crippen LogP contribution in [-0.4, -0.2) is 29.9 Å². The predicted octanol–water partition coefficient (Wildman–Crippen LogP) is 2.47. The quantitative estimate of drug-likeness (QED) is 0.670. The second-order valence-electron chi connectivity index (χ2n) is 4.99. The molecule has 0 aromatic heterocycles. The van der Waals surface area contributed by atoms with Gasteiger partial charge in [-0.05, 0) is 25.8 Å². The molecule has 118 valence electrons. The van der Waals surface area contributed by atoms with Gasteiger partial charge >= 0.3 is 0 Å². The molecule has 1 aromatic rings. The molecule has 1 heterocycles. The smallest absolute Gasteiger partial charge is 0.260 e. The molecule has 1 aromatic carbocycles. The second-order valence-corrected chi connectivity index (χ2v) is 4.99. The standard InChI is InChI=1S/C13H14F4N2O.ClH/c1-6-2-7(4-18)5-19(6)13(20)10-11(16)8(14)3-9(15)12(10)17;/h3,6-7H,2,4-5,18H2,1H3;1H. The van der Waals surface area contributed by atoms with E-state index in [4.69, 9.17) is 5.73 Å². The molecule has 8 heteroatoms. The molecule has 2 atom stereocenters. The summed E-state index contributed by atoms with van der Waals surface area (Å²) in [6, 6.07) is -0.210. The van der Waals surface area contributed by atoms with Gasteiger partial charge in [0.15, 0.2) is 23.3 Å². The van der Waals surface area contributed by atoms with Gasteiger partial charge in [0.25, 0.3) is 5.91 Å². The highest BCUT2D eigenvalue weighted by molar-refractivity contribution is 5.95. The van der Waals surface area contributed by atoms with E-state index in [1.54, 1.807) is 6.92 Å². The van der Waals surface area contributed by atoms with Crippen molar-refractivity contribution in [2.45, 2.75) is 19.4 Å². The number of hydrogen-bond donors (Lipinski definition) is 1. The molecule has 2 unspecified atom stereocenters. The van der Waals surface area contributed by atoms with E-state index < -0.39 is 34.7 Å². The van der Waals surface area contributed by atoms with Crippen LogP contribution in [0.4, 0.5) is 17.6 Å². The monoisotopic (exact) mass is 326 g/mol. The fourth-order valence-electron chi connectivity index (χ4n) is 2.50. The van der Waals surface area contributed by atoms with Crippen molar-refractivity contribution in [1.82, 2.24) is 4.90 Å².